The molecule has 19 heavy (non-hydrogen) atoms. The van der Waals surface area contributed by atoms with E-state index in [1.54, 1.807) is 6.07 Å². The van der Waals surface area contributed by atoms with Crippen LogP contribution in [0, 0.1) is 5.82 Å². The summed E-state index contributed by atoms with van der Waals surface area (Å²) in [6.07, 6.45) is 0.447. The Morgan fingerprint density at radius 1 is 1.47 bits per heavy atom. The average molecular weight is 286 g/mol. The fraction of sp³-hybridized carbons (Fsp3) is 0.333. The minimum Gasteiger partial charge on any atom is -0.396 e. The number of rotatable bonds is 5. The van der Waals surface area contributed by atoms with Crippen molar-refractivity contribution in [3.05, 3.63) is 46.3 Å². The smallest absolute Gasteiger partial charge is 0.243 e. The number of aliphatic hydroxyl groups excluding tert-OH is 1. The topological polar surface area (TPSA) is 85.2 Å². The molecule has 7 heteroatoms. The van der Waals surface area contributed by atoms with Crippen molar-refractivity contribution < 1.29 is 14.0 Å². The maximum absolute atomic E-state index is 13.6. The van der Waals surface area contributed by atoms with Crippen molar-refractivity contribution in [2.75, 3.05) is 6.61 Å². The molecule has 0 fully saturated rings. The predicted octanol–water partition coefficient (Wildman–Crippen LogP) is 1.84. The van der Waals surface area contributed by atoms with Crippen molar-refractivity contribution >= 4 is 11.6 Å². The van der Waals surface area contributed by atoms with E-state index in [1.807, 2.05) is 0 Å². The molecular weight excluding hydrogens is 273 g/mol. The lowest BCUT2D eigenvalue weighted by Crippen LogP contribution is -2.12. The summed E-state index contributed by atoms with van der Waals surface area (Å²) < 4.78 is 18.6. The van der Waals surface area contributed by atoms with E-state index in [-0.39, 0.29) is 18.9 Å². The number of benzene rings is 1. The highest BCUT2D eigenvalue weighted by molar-refractivity contribution is 6.31. The van der Waals surface area contributed by atoms with Gasteiger partial charge in [0.15, 0.2) is 5.82 Å². The highest BCUT2D eigenvalue weighted by atomic mass is 35.5. The third-order valence-corrected chi connectivity index (χ3v) is 2.99. The molecule has 2 rings (SSSR count). The molecule has 0 radical (unpaired) electrons. The summed E-state index contributed by atoms with van der Waals surface area (Å²) in [5, 5.41) is 12.8. The Morgan fingerprint density at radius 2 is 2.26 bits per heavy atom. The van der Waals surface area contributed by atoms with Gasteiger partial charge in [0.2, 0.25) is 5.89 Å². The molecule has 0 bridgehead atoms. The van der Waals surface area contributed by atoms with Gasteiger partial charge in [-0.2, -0.15) is 4.98 Å². The lowest BCUT2D eigenvalue weighted by Gasteiger charge is -2.03. The van der Waals surface area contributed by atoms with Gasteiger partial charge in [-0.1, -0.05) is 22.8 Å². The first-order valence-corrected chi connectivity index (χ1v) is 6.11. The number of nitrogens with two attached hydrogens (primary N) is 1. The Bertz CT molecular complexity index is 541. The van der Waals surface area contributed by atoms with Crippen molar-refractivity contribution in [3.8, 4) is 0 Å². The van der Waals surface area contributed by atoms with Crippen LogP contribution in [0.2, 0.25) is 5.02 Å². The van der Waals surface area contributed by atoms with Crippen molar-refractivity contribution in [3.63, 3.8) is 0 Å². The molecule has 102 valence electrons. The van der Waals surface area contributed by atoms with Crippen LogP contribution in [-0.2, 0) is 6.42 Å². The Balaban J connectivity index is 2.16. The van der Waals surface area contributed by atoms with Crippen molar-refractivity contribution in [1.82, 2.24) is 10.1 Å². The van der Waals surface area contributed by atoms with Gasteiger partial charge in [0.05, 0.1) is 6.04 Å². The molecule has 2 aromatic rings. The Labute approximate surface area is 114 Å². The lowest BCUT2D eigenvalue weighted by atomic mass is 10.1. The first-order valence-electron chi connectivity index (χ1n) is 5.73. The molecule has 0 aliphatic rings. The molecule has 1 atom stereocenters. The fourth-order valence-electron chi connectivity index (χ4n) is 1.61. The van der Waals surface area contributed by atoms with E-state index in [9.17, 15) is 4.39 Å². The van der Waals surface area contributed by atoms with Crippen LogP contribution in [0.15, 0.2) is 22.7 Å². The first kappa shape index (κ1) is 13.9. The standard InChI is InChI=1S/C12H13ClFN3O2/c13-8-2-1-3-9(14)7(8)6-11-16-12(19-17-11)10(15)4-5-18/h1-3,10,18H,4-6,15H2. The number of halogens is 2. The van der Waals surface area contributed by atoms with Crippen LogP contribution in [0.5, 0.6) is 0 Å². The minimum atomic E-state index is -0.526. The third-order valence-electron chi connectivity index (χ3n) is 2.64. The second-order valence-electron chi connectivity index (χ2n) is 4.04. The molecule has 1 aromatic heterocycles. The Kier molecular flexibility index (Phi) is 4.47. The quantitative estimate of drug-likeness (QED) is 0.875. The molecule has 0 amide bonds. The van der Waals surface area contributed by atoms with Gasteiger partial charge >= 0.3 is 0 Å². The molecule has 1 unspecified atom stereocenters. The maximum atomic E-state index is 13.6. The largest absolute Gasteiger partial charge is 0.396 e. The molecule has 0 saturated carbocycles. The van der Waals surface area contributed by atoms with Gasteiger partial charge in [-0.05, 0) is 18.6 Å². The summed E-state index contributed by atoms with van der Waals surface area (Å²) in [7, 11) is 0. The minimum absolute atomic E-state index is 0.0714. The molecule has 0 aliphatic carbocycles. The van der Waals surface area contributed by atoms with E-state index in [2.05, 4.69) is 10.1 Å². The van der Waals surface area contributed by atoms with Crippen molar-refractivity contribution in [1.29, 1.82) is 0 Å². The first-order chi connectivity index (χ1) is 9.11. The number of aromatic nitrogens is 2. The molecular formula is C12H13ClFN3O2. The monoisotopic (exact) mass is 285 g/mol. The van der Waals surface area contributed by atoms with Gasteiger partial charge in [-0.3, -0.25) is 0 Å². The molecule has 1 heterocycles. The van der Waals surface area contributed by atoms with Crippen molar-refractivity contribution in [2.24, 2.45) is 5.73 Å². The van der Waals surface area contributed by atoms with Gasteiger partial charge in [-0.15, -0.1) is 0 Å². The van der Waals surface area contributed by atoms with E-state index in [0.29, 0.717) is 22.8 Å². The van der Waals surface area contributed by atoms with E-state index >= 15 is 0 Å². The second kappa shape index (κ2) is 6.10. The van der Waals surface area contributed by atoms with Crippen LogP contribution >= 0.6 is 11.6 Å². The predicted molar refractivity (Wildman–Crippen MR) is 67.1 cm³/mol. The summed E-state index contributed by atoms with van der Waals surface area (Å²) in [5.41, 5.74) is 6.03. The molecule has 1 aromatic carbocycles. The number of hydrogen-bond acceptors (Lipinski definition) is 5. The normalized spacial score (nSPS) is 12.6. The van der Waals surface area contributed by atoms with Gasteiger partial charge in [0.25, 0.3) is 0 Å². The van der Waals surface area contributed by atoms with Crippen LogP contribution in [0.1, 0.15) is 29.7 Å². The molecule has 5 nitrogen and oxygen atoms in total. The summed E-state index contributed by atoms with van der Waals surface area (Å²) in [6.45, 7) is -0.0714. The van der Waals surface area contributed by atoms with E-state index in [4.69, 9.17) is 27.0 Å². The van der Waals surface area contributed by atoms with Gasteiger partial charge in [0.1, 0.15) is 5.82 Å². The number of aliphatic hydroxyl groups is 1. The Hall–Kier alpha value is -1.50. The highest BCUT2D eigenvalue weighted by Gasteiger charge is 2.16. The maximum Gasteiger partial charge on any atom is 0.243 e. The van der Waals surface area contributed by atoms with Crippen molar-refractivity contribution in [2.45, 2.75) is 18.9 Å². The average Bonchev–Trinajstić information content (AvgIpc) is 2.83. The van der Waals surface area contributed by atoms with Crippen LogP contribution in [0.4, 0.5) is 4.39 Å². The van der Waals surface area contributed by atoms with E-state index < -0.39 is 11.9 Å². The summed E-state index contributed by atoms with van der Waals surface area (Å²) in [6, 6.07) is 3.92. The van der Waals surface area contributed by atoms with Crippen LogP contribution in [0.25, 0.3) is 0 Å². The van der Waals surface area contributed by atoms with Crippen LogP contribution in [0.3, 0.4) is 0 Å². The van der Waals surface area contributed by atoms with Gasteiger partial charge in [-0.25, -0.2) is 4.39 Å². The number of hydrogen-bond donors (Lipinski definition) is 2. The zero-order chi connectivity index (χ0) is 13.8. The molecule has 0 saturated heterocycles. The lowest BCUT2D eigenvalue weighted by molar-refractivity contribution is 0.259. The second-order valence-corrected chi connectivity index (χ2v) is 4.45. The molecule has 0 spiro atoms. The summed E-state index contributed by atoms with van der Waals surface area (Å²) in [5.74, 6) is 0.102. The Morgan fingerprint density at radius 3 is 2.95 bits per heavy atom. The van der Waals surface area contributed by atoms with Gasteiger partial charge < -0.3 is 15.4 Å². The van der Waals surface area contributed by atoms with E-state index in [1.165, 1.54) is 12.1 Å². The molecule has 3 N–H and O–H groups in total. The summed E-state index contributed by atoms with van der Waals surface area (Å²) >= 11 is 5.91. The van der Waals surface area contributed by atoms with Crippen LogP contribution in [-0.4, -0.2) is 21.9 Å². The zero-order valence-corrected chi connectivity index (χ0v) is 10.8. The third kappa shape index (κ3) is 3.28. The molecule has 0 aliphatic heterocycles. The number of nitrogens with zero attached hydrogens (tertiary/aromatic N) is 2. The van der Waals surface area contributed by atoms with E-state index in [0.717, 1.165) is 0 Å². The van der Waals surface area contributed by atoms with Crippen LogP contribution < -0.4 is 5.73 Å². The summed E-state index contributed by atoms with van der Waals surface area (Å²) in [4.78, 5) is 4.07. The fourth-order valence-corrected chi connectivity index (χ4v) is 1.84. The van der Waals surface area contributed by atoms with Gasteiger partial charge in [0, 0.05) is 23.6 Å². The SMILES string of the molecule is NC(CCO)c1nc(Cc2c(F)cccc2Cl)no1. The highest BCUT2D eigenvalue weighted by Crippen LogP contribution is 2.22. The zero-order valence-electron chi connectivity index (χ0n) is 10.0.